The second-order valence-electron chi connectivity index (χ2n) is 5.78. The average molecular weight is 300 g/mol. The summed E-state index contributed by atoms with van der Waals surface area (Å²) in [6.07, 6.45) is 4.64. The second-order valence-corrected chi connectivity index (χ2v) is 8.39. The highest BCUT2D eigenvalue weighted by molar-refractivity contribution is 7.89. The highest BCUT2D eigenvalue weighted by Crippen LogP contribution is 2.45. The van der Waals surface area contributed by atoms with E-state index in [2.05, 4.69) is 4.72 Å². The molecule has 2 bridgehead atoms. The summed E-state index contributed by atoms with van der Waals surface area (Å²) >= 11 is 1.43. The van der Waals surface area contributed by atoms with Crippen molar-refractivity contribution < 1.29 is 8.42 Å². The Morgan fingerprint density at radius 1 is 1.42 bits per heavy atom. The van der Waals surface area contributed by atoms with Gasteiger partial charge in [-0.1, -0.05) is 6.42 Å². The highest BCUT2D eigenvalue weighted by atomic mass is 32.2. The molecule has 2 fully saturated rings. The van der Waals surface area contributed by atoms with E-state index >= 15 is 0 Å². The van der Waals surface area contributed by atoms with Crippen LogP contribution in [0.2, 0.25) is 0 Å². The van der Waals surface area contributed by atoms with Crippen LogP contribution in [0.4, 0.5) is 0 Å². The molecule has 0 saturated heterocycles. The third-order valence-corrected chi connectivity index (χ3v) is 7.46. The molecular weight excluding hydrogens is 280 g/mol. The summed E-state index contributed by atoms with van der Waals surface area (Å²) in [5.74, 6) is 1.27. The van der Waals surface area contributed by atoms with Crippen molar-refractivity contribution >= 4 is 21.4 Å². The Labute approximate surface area is 118 Å². The Bertz CT molecular complexity index is 579. The van der Waals surface area contributed by atoms with Gasteiger partial charge in [0.25, 0.3) is 0 Å². The van der Waals surface area contributed by atoms with Crippen molar-refractivity contribution in [3.05, 3.63) is 15.8 Å². The van der Waals surface area contributed by atoms with Gasteiger partial charge in [0.05, 0.1) is 0 Å². The predicted molar refractivity (Wildman–Crippen MR) is 76.5 cm³/mol. The number of aryl methyl sites for hydroxylation is 1. The fraction of sp³-hybridized carbons (Fsp3) is 0.692. The first-order valence-electron chi connectivity index (χ1n) is 6.80. The Balaban J connectivity index is 1.85. The second kappa shape index (κ2) is 4.84. The zero-order valence-corrected chi connectivity index (χ0v) is 12.7. The average Bonchev–Trinajstić information content (AvgIpc) is 3.02. The first-order chi connectivity index (χ1) is 9.01. The third-order valence-electron chi connectivity index (χ3n) is 4.49. The van der Waals surface area contributed by atoms with Gasteiger partial charge in [-0.15, -0.1) is 11.3 Å². The molecule has 0 radical (unpaired) electrons. The summed E-state index contributed by atoms with van der Waals surface area (Å²) in [6, 6.07) is 0.133. The van der Waals surface area contributed by atoms with Crippen molar-refractivity contribution in [1.29, 1.82) is 0 Å². The van der Waals surface area contributed by atoms with Gasteiger partial charge in [-0.2, -0.15) is 0 Å². The molecule has 3 unspecified atom stereocenters. The Morgan fingerprint density at radius 2 is 2.21 bits per heavy atom. The summed E-state index contributed by atoms with van der Waals surface area (Å²) in [5.41, 5.74) is 6.45. The van der Waals surface area contributed by atoms with Crippen molar-refractivity contribution in [1.82, 2.24) is 4.72 Å². The molecule has 2 saturated carbocycles. The minimum Gasteiger partial charge on any atom is -0.326 e. The van der Waals surface area contributed by atoms with E-state index in [-0.39, 0.29) is 12.6 Å². The summed E-state index contributed by atoms with van der Waals surface area (Å²) < 4.78 is 28.1. The SMILES string of the molecule is Cc1csc(CN)c1S(=O)(=O)NC1CC2CCC1C2. The molecule has 2 aliphatic carbocycles. The van der Waals surface area contributed by atoms with E-state index in [0.717, 1.165) is 22.8 Å². The van der Waals surface area contributed by atoms with Crippen molar-refractivity contribution in [3.8, 4) is 0 Å². The molecule has 2 aliphatic rings. The zero-order valence-electron chi connectivity index (χ0n) is 11.1. The van der Waals surface area contributed by atoms with E-state index in [1.807, 2.05) is 12.3 Å². The van der Waals surface area contributed by atoms with E-state index in [0.29, 0.717) is 10.8 Å². The van der Waals surface area contributed by atoms with Crippen molar-refractivity contribution in [3.63, 3.8) is 0 Å². The predicted octanol–water partition coefficient (Wildman–Crippen LogP) is 1.98. The van der Waals surface area contributed by atoms with Crippen molar-refractivity contribution in [2.45, 2.75) is 50.1 Å². The molecule has 0 spiro atoms. The Morgan fingerprint density at radius 3 is 2.79 bits per heavy atom. The summed E-state index contributed by atoms with van der Waals surface area (Å²) in [5, 5.41) is 1.87. The molecule has 1 aromatic rings. The maximum Gasteiger partial charge on any atom is 0.242 e. The third kappa shape index (κ3) is 2.35. The number of hydrogen-bond donors (Lipinski definition) is 2. The molecule has 3 atom stereocenters. The lowest BCUT2D eigenvalue weighted by molar-refractivity contribution is 0.390. The van der Waals surface area contributed by atoms with E-state index < -0.39 is 10.0 Å². The number of thiophene rings is 1. The maximum atomic E-state index is 12.6. The van der Waals surface area contributed by atoms with Gasteiger partial charge in [-0.25, -0.2) is 13.1 Å². The minimum absolute atomic E-state index is 0.133. The standard InChI is InChI=1S/C13H20N2O2S2/c1-8-7-18-12(6-14)13(8)19(16,17)15-11-5-9-2-3-10(11)4-9/h7,9-11,15H,2-6,14H2,1H3. The van der Waals surface area contributed by atoms with Crippen LogP contribution in [0, 0.1) is 18.8 Å². The zero-order chi connectivity index (χ0) is 13.6. The van der Waals surface area contributed by atoms with E-state index in [1.54, 1.807) is 0 Å². The lowest BCUT2D eigenvalue weighted by atomic mass is 9.96. The van der Waals surface area contributed by atoms with Crippen LogP contribution in [0.1, 0.15) is 36.1 Å². The molecule has 1 aromatic heterocycles. The number of nitrogens with one attached hydrogen (secondary N) is 1. The molecule has 3 rings (SSSR count). The number of rotatable bonds is 4. The van der Waals surface area contributed by atoms with Gasteiger partial charge in [0.1, 0.15) is 4.90 Å². The molecule has 106 valence electrons. The molecular formula is C13H20N2O2S2. The van der Waals surface area contributed by atoms with Crippen LogP contribution in [0.3, 0.4) is 0 Å². The van der Waals surface area contributed by atoms with Gasteiger partial charge < -0.3 is 5.73 Å². The lowest BCUT2D eigenvalue weighted by Crippen LogP contribution is -2.38. The number of nitrogens with two attached hydrogens (primary N) is 1. The fourth-order valence-electron chi connectivity index (χ4n) is 3.64. The topological polar surface area (TPSA) is 72.2 Å². The van der Waals surface area contributed by atoms with Crippen LogP contribution in [0.15, 0.2) is 10.3 Å². The van der Waals surface area contributed by atoms with Crippen LogP contribution in [0.5, 0.6) is 0 Å². The normalized spacial score (nSPS) is 30.1. The number of hydrogen-bond acceptors (Lipinski definition) is 4. The smallest absolute Gasteiger partial charge is 0.242 e. The van der Waals surface area contributed by atoms with Crippen LogP contribution in [-0.4, -0.2) is 14.5 Å². The molecule has 6 heteroatoms. The highest BCUT2D eigenvalue weighted by Gasteiger charge is 2.41. The Hall–Kier alpha value is -0.430. The van der Waals surface area contributed by atoms with Gasteiger partial charge >= 0.3 is 0 Å². The van der Waals surface area contributed by atoms with Crippen LogP contribution >= 0.6 is 11.3 Å². The molecule has 4 nitrogen and oxygen atoms in total. The fourth-order valence-corrected chi connectivity index (χ4v) is 6.66. The van der Waals surface area contributed by atoms with E-state index in [4.69, 9.17) is 5.73 Å². The first kappa shape index (κ1) is 13.5. The van der Waals surface area contributed by atoms with Crippen molar-refractivity contribution in [2.75, 3.05) is 0 Å². The van der Waals surface area contributed by atoms with E-state index in [9.17, 15) is 8.42 Å². The monoisotopic (exact) mass is 300 g/mol. The Kier molecular flexibility index (Phi) is 3.45. The quantitative estimate of drug-likeness (QED) is 0.893. The molecule has 1 heterocycles. The van der Waals surface area contributed by atoms with E-state index in [1.165, 1.54) is 30.6 Å². The summed E-state index contributed by atoms with van der Waals surface area (Å²) in [4.78, 5) is 1.18. The number of fused-ring (bicyclic) bond motifs is 2. The van der Waals surface area contributed by atoms with Gasteiger partial charge in [-0.05, 0) is 49.0 Å². The van der Waals surface area contributed by atoms with Gasteiger partial charge in [0.2, 0.25) is 10.0 Å². The van der Waals surface area contributed by atoms with Crippen LogP contribution in [0.25, 0.3) is 0 Å². The summed E-state index contributed by atoms with van der Waals surface area (Å²) in [6.45, 7) is 2.12. The van der Waals surface area contributed by atoms with Gasteiger partial charge in [0, 0.05) is 17.5 Å². The molecule has 3 N–H and O–H groups in total. The van der Waals surface area contributed by atoms with Crippen molar-refractivity contribution in [2.24, 2.45) is 17.6 Å². The number of sulfonamides is 1. The minimum atomic E-state index is -3.42. The molecule has 0 amide bonds. The largest absolute Gasteiger partial charge is 0.326 e. The maximum absolute atomic E-state index is 12.6. The van der Waals surface area contributed by atoms with Crippen LogP contribution in [-0.2, 0) is 16.6 Å². The van der Waals surface area contributed by atoms with Gasteiger partial charge in [-0.3, -0.25) is 0 Å². The first-order valence-corrected chi connectivity index (χ1v) is 9.17. The molecule has 0 aliphatic heterocycles. The van der Waals surface area contributed by atoms with Gasteiger partial charge in [0.15, 0.2) is 0 Å². The molecule has 0 aromatic carbocycles. The molecule has 19 heavy (non-hydrogen) atoms. The lowest BCUT2D eigenvalue weighted by Gasteiger charge is -2.23. The van der Waals surface area contributed by atoms with Crippen LogP contribution < -0.4 is 10.5 Å². The summed E-state index contributed by atoms with van der Waals surface area (Å²) in [7, 11) is -3.42.